The van der Waals surface area contributed by atoms with Crippen molar-refractivity contribution in [1.82, 2.24) is 29.6 Å². The van der Waals surface area contributed by atoms with Crippen LogP contribution in [-0.2, 0) is 35.4 Å². The van der Waals surface area contributed by atoms with Gasteiger partial charge in [0.2, 0.25) is 10.0 Å². The molecular formula is C22H29N7O6S2. The number of carbonyl (C=O) groups excluding carboxylic acids is 1. The Kier molecular flexibility index (Phi) is 7.17. The first-order valence-corrected chi connectivity index (χ1v) is 14.0. The van der Waals surface area contributed by atoms with Gasteiger partial charge >= 0.3 is 5.97 Å². The van der Waals surface area contributed by atoms with Crippen LogP contribution in [0.1, 0.15) is 11.9 Å². The quantitative estimate of drug-likeness (QED) is 0.348. The van der Waals surface area contributed by atoms with Gasteiger partial charge in [-0.1, -0.05) is 11.3 Å². The van der Waals surface area contributed by atoms with Crippen LogP contribution in [0.4, 0.5) is 5.69 Å². The highest BCUT2D eigenvalue weighted by molar-refractivity contribution is 7.89. The molecule has 2 saturated heterocycles. The maximum Gasteiger partial charge on any atom is 0.312 e. The predicted molar refractivity (Wildman–Crippen MR) is 135 cm³/mol. The molecule has 5 rings (SSSR count). The van der Waals surface area contributed by atoms with E-state index in [2.05, 4.69) is 30.1 Å². The van der Waals surface area contributed by atoms with Gasteiger partial charge in [-0.3, -0.25) is 9.20 Å². The molecular weight excluding hydrogens is 522 g/mol. The molecule has 37 heavy (non-hydrogen) atoms. The van der Waals surface area contributed by atoms with E-state index >= 15 is 0 Å². The number of aromatic nitrogens is 4. The maximum absolute atomic E-state index is 13.5. The summed E-state index contributed by atoms with van der Waals surface area (Å²) in [4.78, 5) is 18.5. The molecule has 0 aromatic carbocycles. The van der Waals surface area contributed by atoms with Gasteiger partial charge in [0.1, 0.15) is 9.90 Å². The lowest BCUT2D eigenvalue weighted by molar-refractivity contribution is -0.139. The molecule has 200 valence electrons. The summed E-state index contributed by atoms with van der Waals surface area (Å²) in [6.45, 7) is 4.99. The van der Waals surface area contributed by atoms with Crippen LogP contribution in [0, 0.1) is 0 Å². The first-order valence-electron chi connectivity index (χ1n) is 11.7. The number of rotatable bonds is 9. The van der Waals surface area contributed by atoms with Gasteiger partial charge in [0.15, 0.2) is 10.8 Å². The highest BCUT2D eigenvalue weighted by atomic mass is 32.2. The van der Waals surface area contributed by atoms with E-state index in [9.17, 15) is 13.2 Å². The Morgan fingerprint density at radius 1 is 1.35 bits per heavy atom. The molecule has 13 nitrogen and oxygen atoms in total. The van der Waals surface area contributed by atoms with E-state index in [4.69, 9.17) is 14.2 Å². The Morgan fingerprint density at radius 3 is 2.86 bits per heavy atom. The zero-order valence-electron chi connectivity index (χ0n) is 20.8. The molecule has 2 N–H and O–H groups in total. The van der Waals surface area contributed by atoms with Crippen LogP contribution in [0.5, 0.6) is 0 Å². The first-order chi connectivity index (χ1) is 17.7. The monoisotopic (exact) mass is 551 g/mol. The van der Waals surface area contributed by atoms with E-state index in [-0.39, 0.29) is 17.4 Å². The summed E-state index contributed by atoms with van der Waals surface area (Å²) in [5.41, 5.74) is 0.806. The molecule has 0 amide bonds. The van der Waals surface area contributed by atoms with Crippen molar-refractivity contribution >= 4 is 38.5 Å². The van der Waals surface area contributed by atoms with E-state index in [1.807, 2.05) is 6.92 Å². The summed E-state index contributed by atoms with van der Waals surface area (Å²) in [5.74, 6) is 0.0129. The minimum Gasteiger partial charge on any atom is -0.469 e. The third kappa shape index (κ3) is 5.32. The van der Waals surface area contributed by atoms with Crippen molar-refractivity contribution in [1.29, 1.82) is 0 Å². The van der Waals surface area contributed by atoms with Gasteiger partial charge < -0.3 is 24.4 Å². The smallest absolute Gasteiger partial charge is 0.312 e. The summed E-state index contributed by atoms with van der Waals surface area (Å²) in [6.07, 6.45) is 3.24. The summed E-state index contributed by atoms with van der Waals surface area (Å²) in [5, 5.41) is 12.7. The molecule has 2 aliphatic heterocycles. The number of hydrogen-bond donors (Lipinski definition) is 2. The fraction of sp³-hybridized carbons (Fsp3) is 0.545. The number of hydrogen-bond acceptors (Lipinski definition) is 12. The number of imidazole rings is 1. The van der Waals surface area contributed by atoms with Crippen molar-refractivity contribution in [2.75, 3.05) is 58.6 Å². The standard InChI is InChI=1S/C22H29N7O6S2/c1-22(12-35-13-22)27-37(31,32)15-6-16(28-5-4-23-14(9-28)11-33-2)17-8-24-20(29(17)10-15)21-26-25-18(36-21)7-19(30)34-3/h6,8,10,14,23,27H,4-5,7,9,11-13H2,1-3H3. The number of piperazine rings is 1. The molecule has 5 heterocycles. The lowest BCUT2D eigenvalue weighted by Crippen LogP contribution is -2.59. The fourth-order valence-corrected chi connectivity index (χ4v) is 6.65. The number of fused-ring (bicyclic) bond motifs is 1. The normalized spacial score (nSPS) is 19.6. The lowest BCUT2D eigenvalue weighted by Gasteiger charge is -2.38. The first kappa shape index (κ1) is 25.9. The number of methoxy groups -OCH3 is 2. The Hall–Kier alpha value is -2.69. The number of anilines is 1. The Labute approximate surface area is 218 Å². The van der Waals surface area contributed by atoms with Crippen LogP contribution in [0.2, 0.25) is 0 Å². The zero-order valence-corrected chi connectivity index (χ0v) is 22.4. The zero-order chi connectivity index (χ0) is 26.2. The second kappa shape index (κ2) is 10.2. The molecule has 0 aliphatic carbocycles. The minimum absolute atomic E-state index is 0.00536. The topological polar surface area (TPSA) is 149 Å². The molecule has 0 radical (unpaired) electrons. The van der Waals surface area contributed by atoms with Crippen LogP contribution in [-0.4, -0.2) is 99.2 Å². The van der Waals surface area contributed by atoms with Crippen molar-refractivity contribution < 1.29 is 27.4 Å². The maximum atomic E-state index is 13.5. The Bertz CT molecular complexity index is 1400. The summed E-state index contributed by atoms with van der Waals surface area (Å²) in [6, 6.07) is 1.78. The van der Waals surface area contributed by atoms with Crippen LogP contribution >= 0.6 is 11.3 Å². The van der Waals surface area contributed by atoms with Crippen LogP contribution in [0.15, 0.2) is 23.4 Å². The molecule has 15 heteroatoms. The fourth-order valence-electron chi connectivity index (χ4n) is 4.43. The summed E-state index contributed by atoms with van der Waals surface area (Å²) in [7, 11) is -0.918. The van der Waals surface area contributed by atoms with Gasteiger partial charge in [-0.25, -0.2) is 18.1 Å². The van der Waals surface area contributed by atoms with Crippen LogP contribution < -0.4 is 14.9 Å². The van der Waals surface area contributed by atoms with Gasteiger partial charge in [0.05, 0.1) is 56.3 Å². The summed E-state index contributed by atoms with van der Waals surface area (Å²) >= 11 is 1.21. The SMILES string of the molecule is COCC1CN(c2cc(S(=O)(=O)NC3(C)COC3)cn3c(-c4nnc(CC(=O)OC)s4)ncc23)CCN1. The number of esters is 1. The third-order valence-corrected chi connectivity index (χ3v) is 8.80. The van der Waals surface area contributed by atoms with Gasteiger partial charge in [-0.15, -0.1) is 10.2 Å². The Morgan fingerprint density at radius 2 is 2.16 bits per heavy atom. The number of pyridine rings is 1. The molecule has 3 aromatic rings. The second-order valence-electron chi connectivity index (χ2n) is 9.36. The number of nitrogens with one attached hydrogen (secondary N) is 2. The van der Waals surface area contributed by atoms with E-state index in [1.54, 1.807) is 30.0 Å². The van der Waals surface area contributed by atoms with Crippen molar-refractivity contribution in [3.63, 3.8) is 0 Å². The second-order valence-corrected chi connectivity index (χ2v) is 12.1. The largest absolute Gasteiger partial charge is 0.469 e. The van der Waals surface area contributed by atoms with Crippen molar-refractivity contribution in [2.24, 2.45) is 0 Å². The van der Waals surface area contributed by atoms with Gasteiger partial charge in [-0.2, -0.15) is 0 Å². The molecule has 0 bridgehead atoms. The molecule has 0 spiro atoms. The molecule has 3 aromatic heterocycles. The minimum atomic E-state index is -3.89. The molecule has 0 saturated carbocycles. The third-order valence-electron chi connectivity index (χ3n) is 6.27. The molecule has 2 fully saturated rings. The van der Waals surface area contributed by atoms with Gasteiger partial charge in [0, 0.05) is 39.0 Å². The Balaban J connectivity index is 1.59. The number of nitrogens with zero attached hydrogens (tertiary/aromatic N) is 5. The molecule has 2 aliphatic rings. The number of sulfonamides is 1. The van der Waals surface area contributed by atoms with E-state index < -0.39 is 21.5 Å². The highest BCUT2D eigenvalue weighted by Crippen LogP contribution is 2.32. The van der Waals surface area contributed by atoms with Crippen molar-refractivity contribution in [3.8, 4) is 10.8 Å². The highest BCUT2D eigenvalue weighted by Gasteiger charge is 2.38. The molecule has 1 atom stereocenters. The average molecular weight is 552 g/mol. The number of ether oxygens (including phenoxy) is 3. The summed E-state index contributed by atoms with van der Waals surface area (Å²) < 4.78 is 46.8. The molecule has 1 unspecified atom stereocenters. The van der Waals surface area contributed by atoms with Gasteiger partial charge in [-0.05, 0) is 13.0 Å². The van der Waals surface area contributed by atoms with E-state index in [0.29, 0.717) is 48.7 Å². The lowest BCUT2D eigenvalue weighted by atomic mass is 10.0. The van der Waals surface area contributed by atoms with Crippen LogP contribution in [0.3, 0.4) is 0 Å². The van der Waals surface area contributed by atoms with Crippen LogP contribution in [0.25, 0.3) is 16.3 Å². The van der Waals surface area contributed by atoms with E-state index in [0.717, 1.165) is 17.7 Å². The number of carbonyl (C=O) groups is 1. The van der Waals surface area contributed by atoms with Gasteiger partial charge in [0.25, 0.3) is 0 Å². The van der Waals surface area contributed by atoms with E-state index in [1.165, 1.54) is 18.4 Å². The predicted octanol–water partition coefficient (Wildman–Crippen LogP) is 0.0601. The average Bonchev–Trinajstić information content (AvgIpc) is 3.49. The van der Waals surface area contributed by atoms with Crippen molar-refractivity contribution in [2.45, 2.75) is 29.8 Å². The van der Waals surface area contributed by atoms with Crippen molar-refractivity contribution in [3.05, 3.63) is 23.5 Å².